The van der Waals surface area contributed by atoms with Crippen molar-refractivity contribution in [1.82, 2.24) is 0 Å². The second-order valence-electron chi connectivity index (χ2n) is 7.91. The van der Waals surface area contributed by atoms with Crippen LogP contribution in [0.3, 0.4) is 0 Å². The van der Waals surface area contributed by atoms with E-state index in [1.165, 1.54) is 102 Å². The first-order chi connectivity index (χ1) is 10.7. The van der Waals surface area contributed by atoms with Crippen molar-refractivity contribution in [3.63, 3.8) is 0 Å². The molecule has 0 aromatic carbocycles. The van der Waals surface area contributed by atoms with Crippen LogP contribution in [0.4, 0.5) is 0 Å². The van der Waals surface area contributed by atoms with Gasteiger partial charge < -0.3 is 4.43 Å². The van der Waals surface area contributed by atoms with E-state index < -0.39 is 8.32 Å². The fraction of sp³-hybridized carbons (Fsp3) is 1.00. The monoisotopic (exact) mass is 326 g/mol. The van der Waals surface area contributed by atoms with Crippen molar-refractivity contribution in [1.29, 1.82) is 0 Å². The predicted molar refractivity (Wildman–Crippen MR) is 102 cm³/mol. The van der Waals surface area contributed by atoms with Crippen LogP contribution >= 0.6 is 0 Å². The quantitative estimate of drug-likeness (QED) is 0.238. The van der Waals surface area contributed by atoms with Crippen LogP contribution in [0.2, 0.25) is 18.6 Å². The lowest BCUT2D eigenvalue weighted by Crippen LogP contribution is -2.34. The zero-order valence-electron chi connectivity index (χ0n) is 15.8. The Hall–Kier alpha value is 0.177. The Morgan fingerprint density at radius 3 is 1.73 bits per heavy atom. The highest BCUT2D eigenvalue weighted by atomic mass is 28.4. The molecule has 132 valence electrons. The van der Waals surface area contributed by atoms with Gasteiger partial charge in [0.2, 0.25) is 0 Å². The number of hydrogen-bond donors (Lipinski definition) is 0. The Kier molecular flexibility index (Phi) is 11.6. The van der Waals surface area contributed by atoms with Gasteiger partial charge in [-0.3, -0.25) is 0 Å². The summed E-state index contributed by atoms with van der Waals surface area (Å²) in [7, 11) is -1.25. The molecule has 1 rings (SSSR count). The largest absolute Gasteiger partial charge is 0.414 e. The van der Waals surface area contributed by atoms with Crippen molar-refractivity contribution in [2.75, 3.05) is 0 Å². The van der Waals surface area contributed by atoms with Gasteiger partial charge in [-0.1, -0.05) is 90.4 Å². The van der Waals surface area contributed by atoms with Gasteiger partial charge in [-0.25, -0.2) is 0 Å². The SMILES string of the molecule is CCCCCCCCCCCCCC(C)O[Si]1(C)CCCC1. The van der Waals surface area contributed by atoms with Crippen molar-refractivity contribution in [3.8, 4) is 0 Å². The molecule has 1 heterocycles. The summed E-state index contributed by atoms with van der Waals surface area (Å²) in [5, 5.41) is 0. The number of hydrogen-bond acceptors (Lipinski definition) is 1. The van der Waals surface area contributed by atoms with Gasteiger partial charge in [0.25, 0.3) is 0 Å². The molecule has 0 spiro atoms. The predicted octanol–water partition coefficient (Wildman–Crippen LogP) is 7.46. The molecule has 0 saturated carbocycles. The Labute approximate surface area is 141 Å². The van der Waals surface area contributed by atoms with Crippen LogP contribution in [0.25, 0.3) is 0 Å². The van der Waals surface area contributed by atoms with Gasteiger partial charge in [-0.15, -0.1) is 0 Å². The van der Waals surface area contributed by atoms with Crippen molar-refractivity contribution >= 4 is 8.32 Å². The van der Waals surface area contributed by atoms with Gasteiger partial charge in [0.15, 0.2) is 8.32 Å². The molecule has 0 aromatic heterocycles. The summed E-state index contributed by atoms with van der Waals surface area (Å²) in [5.74, 6) is 0. The summed E-state index contributed by atoms with van der Waals surface area (Å²) in [6.07, 6.45) is 20.5. The maximum atomic E-state index is 6.43. The Morgan fingerprint density at radius 2 is 1.23 bits per heavy atom. The molecule has 1 aliphatic heterocycles. The van der Waals surface area contributed by atoms with Crippen molar-refractivity contribution in [2.45, 2.75) is 128 Å². The fourth-order valence-corrected chi connectivity index (χ4v) is 7.45. The van der Waals surface area contributed by atoms with E-state index >= 15 is 0 Å². The second kappa shape index (κ2) is 12.6. The minimum absolute atomic E-state index is 0.522. The zero-order chi connectivity index (χ0) is 16.1. The summed E-state index contributed by atoms with van der Waals surface area (Å²) in [6, 6.07) is 2.82. The van der Waals surface area contributed by atoms with Crippen molar-refractivity contribution in [2.24, 2.45) is 0 Å². The van der Waals surface area contributed by atoms with E-state index in [0.29, 0.717) is 6.10 Å². The van der Waals surface area contributed by atoms with Crippen molar-refractivity contribution < 1.29 is 4.43 Å². The topological polar surface area (TPSA) is 9.23 Å². The minimum Gasteiger partial charge on any atom is -0.414 e. The summed E-state index contributed by atoms with van der Waals surface area (Å²) < 4.78 is 6.43. The van der Waals surface area contributed by atoms with Gasteiger partial charge in [0.05, 0.1) is 0 Å². The highest BCUT2D eigenvalue weighted by Crippen LogP contribution is 2.32. The van der Waals surface area contributed by atoms with E-state index in [0.717, 1.165) is 0 Å². The maximum Gasteiger partial charge on any atom is 0.190 e. The highest BCUT2D eigenvalue weighted by Gasteiger charge is 2.34. The van der Waals surface area contributed by atoms with Gasteiger partial charge in [-0.05, 0) is 32.0 Å². The third kappa shape index (κ3) is 10.0. The smallest absolute Gasteiger partial charge is 0.190 e. The van der Waals surface area contributed by atoms with E-state index in [-0.39, 0.29) is 0 Å². The molecule has 0 bridgehead atoms. The lowest BCUT2D eigenvalue weighted by Gasteiger charge is -2.26. The summed E-state index contributed by atoms with van der Waals surface area (Å²) in [6.45, 7) is 7.06. The van der Waals surface area contributed by atoms with E-state index in [9.17, 15) is 0 Å². The molecule has 2 heteroatoms. The normalized spacial score (nSPS) is 18.7. The molecule has 0 radical (unpaired) electrons. The maximum absolute atomic E-state index is 6.43. The van der Waals surface area contributed by atoms with E-state index in [2.05, 4.69) is 20.4 Å². The van der Waals surface area contributed by atoms with Gasteiger partial charge in [0, 0.05) is 6.10 Å². The van der Waals surface area contributed by atoms with Crippen LogP contribution in [0.1, 0.15) is 104 Å². The standard InChI is InChI=1S/C20H42OSi/c1-4-5-6-7-8-9-10-11-12-13-14-17-20(2)21-22(3)18-15-16-19-22/h20H,4-19H2,1-3H3. The molecule has 0 N–H and O–H groups in total. The first-order valence-corrected chi connectivity index (χ1v) is 13.2. The third-order valence-corrected chi connectivity index (χ3v) is 9.16. The van der Waals surface area contributed by atoms with Gasteiger partial charge >= 0.3 is 0 Å². The van der Waals surface area contributed by atoms with Gasteiger partial charge in [0.1, 0.15) is 0 Å². The highest BCUT2D eigenvalue weighted by molar-refractivity contribution is 6.73. The first-order valence-electron chi connectivity index (χ1n) is 10.3. The molecule has 0 amide bonds. The van der Waals surface area contributed by atoms with E-state index in [1.54, 1.807) is 0 Å². The summed E-state index contributed by atoms with van der Waals surface area (Å²) >= 11 is 0. The van der Waals surface area contributed by atoms with Crippen molar-refractivity contribution in [3.05, 3.63) is 0 Å². The molecular weight excluding hydrogens is 284 g/mol. The Morgan fingerprint density at radius 1 is 0.773 bits per heavy atom. The van der Waals surface area contributed by atoms with E-state index in [4.69, 9.17) is 4.43 Å². The summed E-state index contributed by atoms with van der Waals surface area (Å²) in [4.78, 5) is 0. The molecule has 0 aliphatic carbocycles. The second-order valence-corrected chi connectivity index (χ2v) is 12.0. The lowest BCUT2D eigenvalue weighted by atomic mass is 10.0. The summed E-state index contributed by atoms with van der Waals surface area (Å²) in [5.41, 5.74) is 0. The molecular formula is C20H42OSi. The molecule has 22 heavy (non-hydrogen) atoms. The van der Waals surface area contributed by atoms with Crippen LogP contribution in [0.5, 0.6) is 0 Å². The van der Waals surface area contributed by atoms with Crippen LogP contribution in [0.15, 0.2) is 0 Å². The third-order valence-electron chi connectivity index (χ3n) is 5.36. The first kappa shape index (κ1) is 20.2. The molecule has 0 aromatic rings. The average Bonchev–Trinajstić information content (AvgIpc) is 2.91. The molecule has 1 unspecified atom stereocenters. The van der Waals surface area contributed by atoms with Crippen LogP contribution < -0.4 is 0 Å². The molecule has 1 saturated heterocycles. The lowest BCUT2D eigenvalue weighted by molar-refractivity contribution is 0.195. The number of rotatable bonds is 14. The Bertz CT molecular complexity index is 248. The van der Waals surface area contributed by atoms with Crippen LogP contribution in [0, 0.1) is 0 Å². The molecule has 1 fully saturated rings. The van der Waals surface area contributed by atoms with E-state index in [1.807, 2.05) is 0 Å². The number of unbranched alkanes of at least 4 members (excludes halogenated alkanes) is 10. The Balaban J connectivity index is 1.83. The van der Waals surface area contributed by atoms with Gasteiger partial charge in [-0.2, -0.15) is 0 Å². The average molecular weight is 327 g/mol. The van der Waals surface area contributed by atoms with Crippen LogP contribution in [-0.2, 0) is 4.43 Å². The molecule has 1 atom stereocenters. The molecule has 1 nitrogen and oxygen atoms in total. The molecule has 1 aliphatic rings. The minimum atomic E-state index is -1.25. The zero-order valence-corrected chi connectivity index (χ0v) is 16.8. The van der Waals surface area contributed by atoms with Crippen LogP contribution in [-0.4, -0.2) is 14.4 Å². The fourth-order valence-electron chi connectivity index (χ4n) is 3.88.